The van der Waals surface area contributed by atoms with Gasteiger partial charge in [-0.15, -0.1) is 0 Å². The molecule has 0 aliphatic rings. The minimum atomic E-state index is -0.192. The molecule has 2 aromatic carbocycles. The molecule has 0 aliphatic heterocycles. The number of carbonyl (C=O) groups is 1. The molecule has 128 valence electrons. The normalized spacial score (nSPS) is 10.5. The molecule has 1 amide bonds. The smallest absolute Gasteiger partial charge is 0.230 e. The van der Waals surface area contributed by atoms with E-state index in [4.69, 9.17) is 20.9 Å². The molecule has 1 N–H and O–H groups in total. The van der Waals surface area contributed by atoms with Crippen molar-refractivity contribution >= 4 is 23.2 Å². The van der Waals surface area contributed by atoms with Crippen molar-refractivity contribution in [3.63, 3.8) is 0 Å². The van der Waals surface area contributed by atoms with Crippen LogP contribution in [0.25, 0.3) is 11.3 Å². The first-order valence-electron chi connectivity index (χ1n) is 7.89. The fraction of sp³-hybridized carbons (Fsp3) is 0.158. The second-order valence-electron chi connectivity index (χ2n) is 5.34. The van der Waals surface area contributed by atoms with E-state index in [2.05, 4.69) is 10.5 Å². The number of aromatic nitrogens is 1. The van der Waals surface area contributed by atoms with Gasteiger partial charge >= 0.3 is 0 Å². The van der Waals surface area contributed by atoms with E-state index in [1.54, 1.807) is 24.3 Å². The van der Waals surface area contributed by atoms with Crippen LogP contribution < -0.4 is 10.1 Å². The minimum absolute atomic E-state index is 0.109. The van der Waals surface area contributed by atoms with Gasteiger partial charge in [-0.2, -0.15) is 0 Å². The number of benzene rings is 2. The van der Waals surface area contributed by atoms with Gasteiger partial charge in [0.25, 0.3) is 0 Å². The van der Waals surface area contributed by atoms with Crippen LogP contribution in [0.1, 0.15) is 12.6 Å². The summed E-state index contributed by atoms with van der Waals surface area (Å²) in [7, 11) is 0. The maximum Gasteiger partial charge on any atom is 0.230 e. The lowest BCUT2D eigenvalue weighted by Gasteiger charge is -2.10. The second kappa shape index (κ2) is 7.85. The average Bonchev–Trinajstić information content (AvgIpc) is 3.06. The molecule has 3 aromatic rings. The van der Waals surface area contributed by atoms with Gasteiger partial charge < -0.3 is 14.6 Å². The van der Waals surface area contributed by atoms with E-state index in [1.807, 2.05) is 37.3 Å². The van der Waals surface area contributed by atoms with Crippen LogP contribution in [0.2, 0.25) is 5.02 Å². The molecule has 0 aliphatic carbocycles. The highest BCUT2D eigenvalue weighted by molar-refractivity contribution is 6.30. The monoisotopic (exact) mass is 356 g/mol. The highest BCUT2D eigenvalue weighted by Crippen LogP contribution is 2.25. The van der Waals surface area contributed by atoms with Crippen molar-refractivity contribution in [1.82, 2.24) is 5.16 Å². The van der Waals surface area contributed by atoms with E-state index in [0.29, 0.717) is 34.5 Å². The first kappa shape index (κ1) is 17.0. The minimum Gasteiger partial charge on any atom is -0.492 e. The number of ether oxygens (including phenoxy) is 1. The zero-order chi connectivity index (χ0) is 17.6. The zero-order valence-corrected chi connectivity index (χ0v) is 14.4. The van der Waals surface area contributed by atoms with E-state index in [1.165, 1.54) is 0 Å². The number of nitrogens with zero attached hydrogens (tertiary/aromatic N) is 1. The van der Waals surface area contributed by atoms with Gasteiger partial charge in [0.15, 0.2) is 5.76 Å². The molecule has 0 unspecified atom stereocenters. The predicted octanol–water partition coefficient (Wildman–Crippen LogP) is 4.57. The Bertz CT molecular complexity index is 859. The van der Waals surface area contributed by atoms with Crippen LogP contribution in [0.4, 0.5) is 5.69 Å². The van der Waals surface area contributed by atoms with E-state index < -0.39 is 0 Å². The number of para-hydroxylation sites is 2. The van der Waals surface area contributed by atoms with E-state index in [-0.39, 0.29) is 12.3 Å². The first-order chi connectivity index (χ1) is 12.2. The fourth-order valence-corrected chi connectivity index (χ4v) is 2.48. The van der Waals surface area contributed by atoms with E-state index >= 15 is 0 Å². The number of rotatable bonds is 6. The van der Waals surface area contributed by atoms with Crippen molar-refractivity contribution < 1.29 is 14.1 Å². The van der Waals surface area contributed by atoms with Gasteiger partial charge in [-0.05, 0) is 43.3 Å². The first-order valence-corrected chi connectivity index (χ1v) is 8.26. The van der Waals surface area contributed by atoms with Gasteiger partial charge in [-0.1, -0.05) is 28.9 Å². The fourth-order valence-electron chi connectivity index (χ4n) is 2.36. The van der Waals surface area contributed by atoms with E-state index in [9.17, 15) is 4.79 Å². The molecule has 25 heavy (non-hydrogen) atoms. The van der Waals surface area contributed by atoms with E-state index in [0.717, 1.165) is 5.56 Å². The second-order valence-corrected chi connectivity index (χ2v) is 5.78. The molecule has 0 saturated heterocycles. The van der Waals surface area contributed by atoms with Crippen molar-refractivity contribution in [1.29, 1.82) is 0 Å². The van der Waals surface area contributed by atoms with Crippen LogP contribution in [0.5, 0.6) is 5.75 Å². The lowest BCUT2D eigenvalue weighted by molar-refractivity contribution is -0.115. The Morgan fingerprint density at radius 2 is 1.96 bits per heavy atom. The summed E-state index contributed by atoms with van der Waals surface area (Å²) in [5, 5.41) is 7.44. The standard InChI is InChI=1S/C19H17ClN2O3/c1-2-24-17-6-4-3-5-16(17)21-19(23)12-15-11-18(25-22-15)13-7-9-14(20)10-8-13/h3-11H,2,12H2,1H3,(H,21,23). The molecule has 3 rings (SSSR count). The van der Waals surface area contributed by atoms with Crippen molar-refractivity contribution in [3.8, 4) is 17.1 Å². The van der Waals surface area contributed by atoms with Crippen molar-refractivity contribution in [2.45, 2.75) is 13.3 Å². The molecule has 0 fully saturated rings. The Kier molecular flexibility index (Phi) is 5.36. The van der Waals surface area contributed by atoms with Crippen LogP contribution in [-0.4, -0.2) is 17.7 Å². The molecule has 1 aromatic heterocycles. The third-order valence-electron chi connectivity index (χ3n) is 3.49. The molecule has 6 heteroatoms. The van der Waals surface area contributed by atoms with Crippen LogP contribution in [0.3, 0.4) is 0 Å². The van der Waals surface area contributed by atoms with Crippen LogP contribution >= 0.6 is 11.6 Å². The largest absolute Gasteiger partial charge is 0.492 e. The Morgan fingerprint density at radius 1 is 1.20 bits per heavy atom. The molecule has 5 nitrogen and oxygen atoms in total. The molecule has 0 radical (unpaired) electrons. The summed E-state index contributed by atoms with van der Waals surface area (Å²) >= 11 is 5.88. The molecule has 0 saturated carbocycles. The molecule has 0 spiro atoms. The Hall–Kier alpha value is -2.79. The molecule has 0 atom stereocenters. The summed E-state index contributed by atoms with van der Waals surface area (Å²) in [6, 6.07) is 16.3. The van der Waals surface area contributed by atoms with Gasteiger partial charge in [0.1, 0.15) is 5.75 Å². The third-order valence-corrected chi connectivity index (χ3v) is 3.74. The number of anilines is 1. The summed E-state index contributed by atoms with van der Waals surface area (Å²) < 4.78 is 10.8. The van der Waals surface area contributed by atoms with Crippen LogP contribution in [0, 0.1) is 0 Å². The Labute approximate surface area is 150 Å². The molecular formula is C19H17ClN2O3. The number of carbonyl (C=O) groups excluding carboxylic acids is 1. The average molecular weight is 357 g/mol. The summed E-state index contributed by atoms with van der Waals surface area (Å²) in [5.41, 5.74) is 2.04. The van der Waals surface area contributed by atoms with Gasteiger partial charge in [0.05, 0.1) is 24.4 Å². The highest BCUT2D eigenvalue weighted by atomic mass is 35.5. The van der Waals surface area contributed by atoms with Crippen LogP contribution in [0.15, 0.2) is 59.1 Å². The van der Waals surface area contributed by atoms with Crippen molar-refractivity contribution in [2.75, 3.05) is 11.9 Å². The zero-order valence-electron chi connectivity index (χ0n) is 13.7. The quantitative estimate of drug-likeness (QED) is 0.702. The molecular weight excluding hydrogens is 340 g/mol. The third kappa shape index (κ3) is 4.39. The van der Waals surface area contributed by atoms with Gasteiger partial charge in [-0.3, -0.25) is 4.79 Å². The summed E-state index contributed by atoms with van der Waals surface area (Å²) in [6.45, 7) is 2.42. The van der Waals surface area contributed by atoms with Gasteiger partial charge in [0, 0.05) is 16.7 Å². The molecule has 1 heterocycles. The van der Waals surface area contributed by atoms with Crippen molar-refractivity contribution in [2.24, 2.45) is 0 Å². The van der Waals surface area contributed by atoms with Gasteiger partial charge in [0.2, 0.25) is 5.91 Å². The number of nitrogens with one attached hydrogen (secondary N) is 1. The predicted molar refractivity (Wildman–Crippen MR) is 96.9 cm³/mol. The Morgan fingerprint density at radius 3 is 2.72 bits per heavy atom. The maximum absolute atomic E-state index is 12.3. The summed E-state index contributed by atoms with van der Waals surface area (Å²) in [4.78, 5) is 12.3. The lowest BCUT2D eigenvalue weighted by atomic mass is 10.1. The summed E-state index contributed by atoms with van der Waals surface area (Å²) in [6.07, 6.45) is 0.109. The Balaban J connectivity index is 1.67. The number of halogens is 1. The number of amides is 1. The molecule has 0 bridgehead atoms. The SMILES string of the molecule is CCOc1ccccc1NC(=O)Cc1cc(-c2ccc(Cl)cc2)on1. The maximum atomic E-state index is 12.3. The van der Waals surface area contributed by atoms with Crippen molar-refractivity contribution in [3.05, 3.63) is 65.3 Å². The topological polar surface area (TPSA) is 64.4 Å². The highest BCUT2D eigenvalue weighted by Gasteiger charge is 2.12. The van der Waals surface area contributed by atoms with Gasteiger partial charge in [-0.25, -0.2) is 0 Å². The van der Waals surface area contributed by atoms with Crippen LogP contribution in [-0.2, 0) is 11.2 Å². The summed E-state index contributed by atoms with van der Waals surface area (Å²) in [5.74, 6) is 1.04. The number of hydrogen-bond donors (Lipinski definition) is 1. The lowest BCUT2D eigenvalue weighted by Crippen LogP contribution is -2.15. The number of hydrogen-bond acceptors (Lipinski definition) is 4.